The van der Waals surface area contributed by atoms with E-state index in [0.717, 1.165) is 5.88 Å². The van der Waals surface area contributed by atoms with Gasteiger partial charge in [0.05, 0.1) is 0 Å². The largest absolute Gasteiger partial charge is 0.412 e. The molecule has 0 aliphatic rings. The molecule has 0 amide bonds. The Morgan fingerprint density at radius 2 is 1.23 bits per heavy atom. The highest BCUT2D eigenvalue weighted by molar-refractivity contribution is 6.17. The van der Waals surface area contributed by atoms with Crippen molar-refractivity contribution in [2.24, 2.45) is 0 Å². The fourth-order valence-corrected chi connectivity index (χ4v) is 0.918. The van der Waals surface area contributed by atoms with Crippen LogP contribution in [0.1, 0.15) is 26.2 Å². The molecule has 76 valence electrons. The van der Waals surface area contributed by atoms with Crippen molar-refractivity contribution < 1.29 is 5.48 Å². The minimum Gasteiger partial charge on any atom is -0.412 e. The van der Waals surface area contributed by atoms with E-state index in [0.29, 0.717) is 0 Å². The summed E-state index contributed by atoms with van der Waals surface area (Å²) in [6.45, 7) is 2.17. The molecule has 0 heterocycles. The summed E-state index contributed by atoms with van der Waals surface area (Å²) in [5, 5.41) is 0. The summed E-state index contributed by atoms with van der Waals surface area (Å²) in [5.41, 5.74) is 0. The van der Waals surface area contributed by atoms with E-state index in [9.17, 15) is 0 Å². The van der Waals surface area contributed by atoms with Gasteiger partial charge < -0.3 is 5.48 Å². The highest BCUT2D eigenvalue weighted by Gasteiger charge is 1.76. The highest BCUT2D eigenvalue weighted by Crippen LogP contribution is 1.93. The van der Waals surface area contributed by atoms with Gasteiger partial charge in [-0.1, -0.05) is 56.2 Å². The van der Waals surface area contributed by atoms with Crippen LogP contribution in [-0.4, -0.2) is 11.4 Å². The van der Waals surface area contributed by atoms with Gasteiger partial charge in [-0.3, -0.25) is 0 Å². The van der Waals surface area contributed by atoms with Crippen LogP contribution in [0.5, 0.6) is 0 Å². The lowest BCUT2D eigenvalue weighted by Crippen LogP contribution is -1.70. The summed E-state index contributed by atoms with van der Waals surface area (Å²) in [6.07, 6.45) is 3.73. The van der Waals surface area contributed by atoms with Gasteiger partial charge in [0.15, 0.2) is 0 Å². The van der Waals surface area contributed by atoms with Crippen LogP contribution in [0.3, 0.4) is 0 Å². The van der Waals surface area contributed by atoms with Crippen LogP contribution in [-0.2, 0) is 0 Å². The summed E-state index contributed by atoms with van der Waals surface area (Å²) in [4.78, 5) is 0. The smallest absolute Gasteiger partial charge is 0.0223 e. The second kappa shape index (κ2) is 14.0. The molecular weight excluding hydrogens is 184 g/mol. The predicted molar refractivity (Wildman–Crippen MR) is 60.3 cm³/mol. The van der Waals surface area contributed by atoms with E-state index in [2.05, 4.69) is 6.92 Å². The molecule has 0 aromatic heterocycles. The Labute approximate surface area is 86.0 Å². The molecule has 1 rings (SSSR count). The van der Waals surface area contributed by atoms with Gasteiger partial charge >= 0.3 is 0 Å². The first-order valence-electron chi connectivity index (χ1n) is 4.47. The molecule has 0 bridgehead atoms. The molecule has 0 unspecified atom stereocenters. The molecule has 0 saturated carbocycles. The van der Waals surface area contributed by atoms with E-state index >= 15 is 0 Å². The van der Waals surface area contributed by atoms with Crippen molar-refractivity contribution in [2.75, 3.05) is 5.88 Å². The van der Waals surface area contributed by atoms with E-state index in [1.165, 1.54) is 19.3 Å². The molecule has 0 saturated heterocycles. The Morgan fingerprint density at radius 1 is 0.846 bits per heavy atom. The molecule has 1 aromatic carbocycles. The number of hydrogen-bond donors (Lipinski definition) is 0. The number of unbranched alkanes of at least 4 members (excludes halogenated alkanes) is 2. The summed E-state index contributed by atoms with van der Waals surface area (Å²) >= 11 is 5.38. The van der Waals surface area contributed by atoms with Crippen molar-refractivity contribution in [1.82, 2.24) is 0 Å². The topological polar surface area (TPSA) is 31.5 Å². The van der Waals surface area contributed by atoms with Crippen molar-refractivity contribution in [3.63, 3.8) is 0 Å². The third-order valence-corrected chi connectivity index (χ3v) is 1.67. The fraction of sp³-hybridized carbons (Fsp3) is 0.455. The third kappa shape index (κ3) is 14.3. The summed E-state index contributed by atoms with van der Waals surface area (Å²) < 4.78 is 0. The van der Waals surface area contributed by atoms with Crippen LogP contribution in [0.2, 0.25) is 0 Å². The Kier molecular flexibility index (Phi) is 16.1. The summed E-state index contributed by atoms with van der Waals surface area (Å²) in [6, 6.07) is 12.0. The van der Waals surface area contributed by atoms with Gasteiger partial charge in [0.25, 0.3) is 0 Å². The molecule has 2 heteroatoms. The Balaban J connectivity index is 0. The standard InChI is InChI=1S/C6H6.C5H11Cl.H2O/c1-2-4-6-5-3-1;1-2-3-4-5-6;/h1-6H;2-5H2,1H3;1H2. The molecule has 0 spiro atoms. The minimum atomic E-state index is 0. The van der Waals surface area contributed by atoms with E-state index in [1.54, 1.807) is 0 Å². The molecule has 0 aliphatic heterocycles. The Hall–Kier alpha value is -0.530. The van der Waals surface area contributed by atoms with Crippen LogP contribution in [0, 0.1) is 0 Å². The van der Waals surface area contributed by atoms with E-state index in [4.69, 9.17) is 11.6 Å². The van der Waals surface area contributed by atoms with Gasteiger partial charge in [-0.2, -0.15) is 0 Å². The fourth-order valence-electron chi connectivity index (χ4n) is 0.729. The number of halogens is 1. The molecular formula is C11H19ClO. The zero-order valence-corrected chi connectivity index (χ0v) is 8.93. The van der Waals surface area contributed by atoms with Gasteiger partial charge in [0.1, 0.15) is 0 Å². The van der Waals surface area contributed by atoms with Gasteiger partial charge in [-0.05, 0) is 6.42 Å². The van der Waals surface area contributed by atoms with Crippen molar-refractivity contribution in [3.05, 3.63) is 36.4 Å². The van der Waals surface area contributed by atoms with Crippen LogP contribution >= 0.6 is 11.6 Å². The van der Waals surface area contributed by atoms with Crippen molar-refractivity contribution in [3.8, 4) is 0 Å². The van der Waals surface area contributed by atoms with Crippen molar-refractivity contribution >= 4 is 11.6 Å². The molecule has 1 aromatic rings. The summed E-state index contributed by atoms with van der Waals surface area (Å²) in [7, 11) is 0. The number of hydrogen-bond acceptors (Lipinski definition) is 0. The van der Waals surface area contributed by atoms with E-state index in [-0.39, 0.29) is 5.48 Å². The lowest BCUT2D eigenvalue weighted by atomic mass is 10.3. The van der Waals surface area contributed by atoms with Crippen LogP contribution in [0.25, 0.3) is 0 Å². The number of alkyl halides is 1. The third-order valence-electron chi connectivity index (χ3n) is 1.40. The normalized spacial score (nSPS) is 7.85. The number of benzene rings is 1. The summed E-state index contributed by atoms with van der Waals surface area (Å²) in [5.74, 6) is 0.827. The second-order valence-corrected chi connectivity index (χ2v) is 2.93. The van der Waals surface area contributed by atoms with Crippen LogP contribution in [0.15, 0.2) is 36.4 Å². The second-order valence-electron chi connectivity index (χ2n) is 2.55. The quantitative estimate of drug-likeness (QED) is 0.532. The van der Waals surface area contributed by atoms with Crippen molar-refractivity contribution in [2.45, 2.75) is 26.2 Å². The SMILES string of the molecule is CCCCCCl.O.c1ccccc1. The Bertz CT molecular complexity index is 123. The average molecular weight is 203 g/mol. The first kappa shape index (κ1) is 15.0. The number of rotatable bonds is 3. The van der Waals surface area contributed by atoms with Gasteiger partial charge in [-0.15, -0.1) is 11.6 Å². The molecule has 0 aliphatic carbocycles. The maximum absolute atomic E-state index is 5.38. The zero-order chi connectivity index (χ0) is 9.07. The molecule has 0 fully saturated rings. The van der Waals surface area contributed by atoms with Gasteiger partial charge in [0, 0.05) is 5.88 Å². The first-order chi connectivity index (χ1) is 5.91. The maximum atomic E-state index is 5.38. The van der Waals surface area contributed by atoms with Gasteiger partial charge in [-0.25, -0.2) is 0 Å². The first-order valence-corrected chi connectivity index (χ1v) is 5.01. The average Bonchev–Trinajstić information content (AvgIpc) is 2.18. The lowest BCUT2D eigenvalue weighted by molar-refractivity contribution is 0.776. The van der Waals surface area contributed by atoms with E-state index in [1.807, 2.05) is 36.4 Å². The maximum Gasteiger partial charge on any atom is 0.0223 e. The molecule has 0 radical (unpaired) electrons. The highest BCUT2D eigenvalue weighted by atomic mass is 35.5. The molecule has 13 heavy (non-hydrogen) atoms. The van der Waals surface area contributed by atoms with E-state index < -0.39 is 0 Å². The lowest BCUT2D eigenvalue weighted by Gasteiger charge is -1.84. The minimum absolute atomic E-state index is 0. The molecule has 0 atom stereocenters. The van der Waals surface area contributed by atoms with Crippen LogP contribution in [0.4, 0.5) is 0 Å². The monoisotopic (exact) mass is 202 g/mol. The van der Waals surface area contributed by atoms with Crippen LogP contribution < -0.4 is 0 Å². The Morgan fingerprint density at radius 3 is 1.38 bits per heavy atom. The molecule has 1 nitrogen and oxygen atoms in total. The predicted octanol–water partition coefficient (Wildman–Crippen LogP) is 3.28. The van der Waals surface area contributed by atoms with Gasteiger partial charge in [0.2, 0.25) is 0 Å². The molecule has 2 N–H and O–H groups in total. The van der Waals surface area contributed by atoms with Crippen molar-refractivity contribution in [1.29, 1.82) is 0 Å². The zero-order valence-electron chi connectivity index (χ0n) is 8.17.